The van der Waals surface area contributed by atoms with Crippen molar-refractivity contribution in [3.63, 3.8) is 0 Å². The molecule has 100 valence electrons. The van der Waals surface area contributed by atoms with Crippen LogP contribution in [0.1, 0.15) is 18.9 Å². The number of hydrogen-bond donors (Lipinski definition) is 1. The van der Waals surface area contributed by atoms with E-state index in [1.165, 1.54) is 12.0 Å². The van der Waals surface area contributed by atoms with Gasteiger partial charge in [0.1, 0.15) is 0 Å². The highest BCUT2D eigenvalue weighted by molar-refractivity contribution is 6.30. The summed E-state index contributed by atoms with van der Waals surface area (Å²) in [7, 11) is 2.21. The normalized spacial score (nSPS) is 22.3. The summed E-state index contributed by atoms with van der Waals surface area (Å²) in [5.41, 5.74) is 7.99. The smallest absolute Gasteiger partial charge is 0.0426 e. The molecule has 0 amide bonds. The molecule has 3 nitrogen and oxygen atoms in total. The monoisotopic (exact) mass is 267 g/mol. The van der Waals surface area contributed by atoms with E-state index < -0.39 is 0 Å². The Kier molecular flexibility index (Phi) is 4.49. The zero-order valence-corrected chi connectivity index (χ0v) is 12.0. The number of anilines is 1. The average Bonchev–Trinajstić information content (AvgIpc) is 2.35. The van der Waals surface area contributed by atoms with E-state index in [4.69, 9.17) is 17.3 Å². The lowest BCUT2D eigenvalue weighted by Gasteiger charge is -2.39. The van der Waals surface area contributed by atoms with Crippen LogP contribution in [-0.2, 0) is 6.54 Å². The summed E-state index contributed by atoms with van der Waals surface area (Å²) in [6, 6.07) is 6.45. The lowest BCUT2D eigenvalue weighted by atomic mass is 10.1. The molecule has 1 unspecified atom stereocenters. The van der Waals surface area contributed by atoms with Crippen LogP contribution < -0.4 is 5.73 Å². The van der Waals surface area contributed by atoms with E-state index in [1.54, 1.807) is 0 Å². The summed E-state index contributed by atoms with van der Waals surface area (Å²) >= 11 is 5.92. The Labute approximate surface area is 115 Å². The summed E-state index contributed by atoms with van der Waals surface area (Å²) in [6.07, 6.45) is 1.20. The van der Waals surface area contributed by atoms with Gasteiger partial charge >= 0.3 is 0 Å². The van der Waals surface area contributed by atoms with Crippen LogP contribution in [0.25, 0.3) is 0 Å². The van der Waals surface area contributed by atoms with E-state index >= 15 is 0 Å². The van der Waals surface area contributed by atoms with E-state index in [2.05, 4.69) is 23.8 Å². The molecule has 1 aromatic rings. The molecule has 1 atom stereocenters. The van der Waals surface area contributed by atoms with Gasteiger partial charge in [-0.1, -0.05) is 24.6 Å². The van der Waals surface area contributed by atoms with Gasteiger partial charge in [0.15, 0.2) is 0 Å². The second kappa shape index (κ2) is 5.91. The third kappa shape index (κ3) is 3.16. The van der Waals surface area contributed by atoms with Crippen molar-refractivity contribution in [1.82, 2.24) is 9.80 Å². The predicted molar refractivity (Wildman–Crippen MR) is 77.9 cm³/mol. The maximum Gasteiger partial charge on any atom is 0.0426 e. The van der Waals surface area contributed by atoms with Crippen molar-refractivity contribution in [3.05, 3.63) is 28.8 Å². The van der Waals surface area contributed by atoms with E-state index in [-0.39, 0.29) is 0 Å². The van der Waals surface area contributed by atoms with Crippen LogP contribution in [0.2, 0.25) is 5.02 Å². The van der Waals surface area contributed by atoms with Gasteiger partial charge in [-0.25, -0.2) is 0 Å². The minimum absolute atomic E-state index is 0.660. The van der Waals surface area contributed by atoms with E-state index in [9.17, 15) is 0 Å². The largest absolute Gasteiger partial charge is 0.398 e. The first kappa shape index (κ1) is 13.7. The van der Waals surface area contributed by atoms with Crippen molar-refractivity contribution in [2.24, 2.45) is 0 Å². The molecule has 1 heterocycles. The Morgan fingerprint density at radius 1 is 1.39 bits per heavy atom. The molecule has 1 fully saturated rings. The lowest BCUT2D eigenvalue weighted by molar-refractivity contribution is 0.0885. The van der Waals surface area contributed by atoms with Crippen LogP contribution in [0.15, 0.2) is 18.2 Å². The molecule has 0 aliphatic carbocycles. The number of nitrogens with zero attached hydrogens (tertiary/aromatic N) is 2. The maximum absolute atomic E-state index is 6.01. The Balaban J connectivity index is 2.01. The van der Waals surface area contributed by atoms with Crippen molar-refractivity contribution in [3.8, 4) is 0 Å². The molecule has 0 radical (unpaired) electrons. The molecular formula is C14H22ClN3. The molecule has 0 saturated carbocycles. The lowest BCUT2D eigenvalue weighted by Crippen LogP contribution is -2.50. The van der Waals surface area contributed by atoms with Gasteiger partial charge in [-0.05, 0) is 31.2 Å². The van der Waals surface area contributed by atoms with Crippen molar-refractivity contribution in [1.29, 1.82) is 0 Å². The number of halogens is 1. The highest BCUT2D eigenvalue weighted by Gasteiger charge is 2.22. The number of hydrogen-bond acceptors (Lipinski definition) is 3. The number of rotatable bonds is 3. The van der Waals surface area contributed by atoms with Gasteiger partial charge in [0, 0.05) is 42.9 Å². The Morgan fingerprint density at radius 3 is 2.83 bits per heavy atom. The van der Waals surface area contributed by atoms with Crippen molar-refractivity contribution in [2.45, 2.75) is 25.9 Å². The van der Waals surface area contributed by atoms with Crippen LogP contribution in [0.3, 0.4) is 0 Å². The fourth-order valence-electron chi connectivity index (χ4n) is 2.55. The summed E-state index contributed by atoms with van der Waals surface area (Å²) < 4.78 is 0. The number of piperazine rings is 1. The molecule has 1 aliphatic heterocycles. The molecule has 0 bridgehead atoms. The Hall–Kier alpha value is -0.770. The molecule has 0 spiro atoms. The highest BCUT2D eigenvalue weighted by atomic mass is 35.5. The first-order valence-electron chi connectivity index (χ1n) is 6.56. The second-order valence-electron chi connectivity index (χ2n) is 5.12. The average molecular weight is 268 g/mol. The summed E-state index contributed by atoms with van der Waals surface area (Å²) in [6.45, 7) is 6.53. The van der Waals surface area contributed by atoms with Gasteiger partial charge in [-0.2, -0.15) is 0 Å². The van der Waals surface area contributed by atoms with Crippen molar-refractivity contribution in [2.75, 3.05) is 32.4 Å². The third-order valence-electron chi connectivity index (χ3n) is 3.83. The van der Waals surface area contributed by atoms with Crippen molar-refractivity contribution >= 4 is 17.3 Å². The highest BCUT2D eigenvalue weighted by Crippen LogP contribution is 2.21. The van der Waals surface area contributed by atoms with E-state index in [0.29, 0.717) is 11.1 Å². The number of nitrogen functional groups attached to an aromatic ring is 1. The molecular weight excluding hydrogens is 246 g/mol. The zero-order valence-electron chi connectivity index (χ0n) is 11.2. The molecule has 18 heavy (non-hydrogen) atoms. The summed E-state index contributed by atoms with van der Waals surface area (Å²) in [5.74, 6) is 0. The van der Waals surface area contributed by atoms with Gasteiger partial charge in [0.05, 0.1) is 0 Å². The van der Waals surface area contributed by atoms with E-state index in [1.807, 2.05) is 18.2 Å². The van der Waals surface area contributed by atoms with Crippen LogP contribution in [0.5, 0.6) is 0 Å². The summed E-state index contributed by atoms with van der Waals surface area (Å²) in [4.78, 5) is 4.93. The zero-order chi connectivity index (χ0) is 13.1. The maximum atomic E-state index is 6.01. The molecule has 0 aromatic heterocycles. The topological polar surface area (TPSA) is 32.5 Å². The van der Waals surface area contributed by atoms with Crippen LogP contribution in [0.4, 0.5) is 5.69 Å². The van der Waals surface area contributed by atoms with Gasteiger partial charge in [-0.3, -0.25) is 4.90 Å². The first-order valence-corrected chi connectivity index (χ1v) is 6.94. The fourth-order valence-corrected chi connectivity index (χ4v) is 2.73. The predicted octanol–water partition coefficient (Wildman–Crippen LogP) is 2.45. The second-order valence-corrected chi connectivity index (χ2v) is 5.56. The number of benzene rings is 1. The fraction of sp³-hybridized carbons (Fsp3) is 0.571. The van der Waals surface area contributed by atoms with Crippen molar-refractivity contribution < 1.29 is 0 Å². The standard InChI is InChI=1S/C14H22ClN3/c1-3-13-10-18(7-6-17(13)2)9-11-4-5-12(15)8-14(11)16/h4-5,8,13H,3,6-7,9-10,16H2,1-2H3. The van der Waals surface area contributed by atoms with Gasteiger partial charge in [-0.15, -0.1) is 0 Å². The minimum atomic E-state index is 0.660. The van der Waals surface area contributed by atoms with Crippen LogP contribution in [-0.4, -0.2) is 42.5 Å². The number of nitrogens with two attached hydrogens (primary N) is 1. The molecule has 2 rings (SSSR count). The SMILES string of the molecule is CCC1CN(Cc2ccc(Cl)cc2N)CCN1C. The third-order valence-corrected chi connectivity index (χ3v) is 4.07. The molecule has 1 saturated heterocycles. The molecule has 2 N–H and O–H groups in total. The number of likely N-dealkylation sites (N-methyl/N-ethyl adjacent to an activating group) is 1. The Bertz CT molecular complexity index is 408. The minimum Gasteiger partial charge on any atom is -0.398 e. The Morgan fingerprint density at radius 2 is 2.17 bits per heavy atom. The van der Waals surface area contributed by atoms with Gasteiger partial charge in [0.25, 0.3) is 0 Å². The summed E-state index contributed by atoms with van der Waals surface area (Å²) in [5, 5.41) is 0.709. The van der Waals surface area contributed by atoms with E-state index in [0.717, 1.165) is 31.9 Å². The molecule has 4 heteroatoms. The van der Waals surface area contributed by atoms with Crippen LogP contribution in [0, 0.1) is 0 Å². The van der Waals surface area contributed by atoms with Crippen LogP contribution >= 0.6 is 11.6 Å². The quantitative estimate of drug-likeness (QED) is 0.854. The first-order chi connectivity index (χ1) is 8.60. The molecule has 1 aliphatic rings. The van der Waals surface area contributed by atoms with Gasteiger partial charge < -0.3 is 10.6 Å². The van der Waals surface area contributed by atoms with Gasteiger partial charge in [0.2, 0.25) is 0 Å². The molecule has 1 aromatic carbocycles.